The van der Waals surface area contributed by atoms with E-state index in [2.05, 4.69) is 10.6 Å². The Labute approximate surface area is 112 Å². The first-order valence-corrected chi connectivity index (χ1v) is 6.38. The van der Waals surface area contributed by atoms with Gasteiger partial charge in [0.2, 0.25) is 5.91 Å². The van der Waals surface area contributed by atoms with Crippen molar-refractivity contribution in [1.29, 1.82) is 0 Å². The molecule has 0 aliphatic heterocycles. The van der Waals surface area contributed by atoms with Gasteiger partial charge in [0.25, 0.3) is 5.91 Å². The predicted molar refractivity (Wildman–Crippen MR) is 71.8 cm³/mol. The highest BCUT2D eigenvalue weighted by Crippen LogP contribution is 2.26. The van der Waals surface area contributed by atoms with Crippen LogP contribution in [0, 0.1) is 5.92 Å². The van der Waals surface area contributed by atoms with E-state index in [9.17, 15) is 9.59 Å². The Morgan fingerprint density at radius 1 is 1.26 bits per heavy atom. The number of carbonyl (C=O) groups excluding carboxylic acids is 2. The van der Waals surface area contributed by atoms with Crippen LogP contribution in [0.3, 0.4) is 0 Å². The van der Waals surface area contributed by atoms with Gasteiger partial charge in [0, 0.05) is 24.7 Å². The molecule has 0 saturated heterocycles. The summed E-state index contributed by atoms with van der Waals surface area (Å²) < 4.78 is 0. The standard InChI is InChI=1S/C14H18N2O3/c1-9(17)16-12-4-2-11(3-5-12)14(19)15-8-10-6-13(18)7-10/h2-5,10,13,18H,6-8H2,1H3,(H,15,19)(H,16,17). The second-order valence-electron chi connectivity index (χ2n) is 4.96. The fraction of sp³-hybridized carbons (Fsp3) is 0.429. The van der Waals surface area contributed by atoms with Crippen molar-refractivity contribution < 1.29 is 14.7 Å². The van der Waals surface area contributed by atoms with Gasteiger partial charge in [0.05, 0.1) is 6.10 Å². The van der Waals surface area contributed by atoms with Crippen LogP contribution in [0.2, 0.25) is 0 Å². The number of hydrogen-bond acceptors (Lipinski definition) is 3. The molecule has 0 unspecified atom stereocenters. The largest absolute Gasteiger partial charge is 0.393 e. The van der Waals surface area contributed by atoms with Gasteiger partial charge in [-0.1, -0.05) is 0 Å². The third-order valence-corrected chi connectivity index (χ3v) is 3.23. The maximum Gasteiger partial charge on any atom is 0.251 e. The lowest BCUT2D eigenvalue weighted by atomic mass is 9.82. The van der Waals surface area contributed by atoms with Crippen molar-refractivity contribution >= 4 is 17.5 Å². The van der Waals surface area contributed by atoms with Crippen molar-refractivity contribution in [3.05, 3.63) is 29.8 Å². The van der Waals surface area contributed by atoms with Gasteiger partial charge in [-0.15, -0.1) is 0 Å². The summed E-state index contributed by atoms with van der Waals surface area (Å²) in [6, 6.07) is 6.75. The SMILES string of the molecule is CC(=O)Nc1ccc(C(=O)NCC2CC(O)C2)cc1. The smallest absolute Gasteiger partial charge is 0.251 e. The van der Waals surface area contributed by atoms with Crippen molar-refractivity contribution in [2.75, 3.05) is 11.9 Å². The molecule has 2 amide bonds. The third kappa shape index (κ3) is 3.79. The number of hydrogen-bond donors (Lipinski definition) is 3. The van der Waals surface area contributed by atoms with Gasteiger partial charge in [-0.05, 0) is 43.0 Å². The summed E-state index contributed by atoms with van der Waals surface area (Å²) in [4.78, 5) is 22.7. The van der Waals surface area contributed by atoms with Gasteiger partial charge in [-0.2, -0.15) is 0 Å². The summed E-state index contributed by atoms with van der Waals surface area (Å²) >= 11 is 0. The maximum atomic E-state index is 11.8. The molecule has 0 aromatic heterocycles. The highest BCUT2D eigenvalue weighted by atomic mass is 16.3. The lowest BCUT2D eigenvalue weighted by molar-refractivity contribution is -0.114. The van der Waals surface area contributed by atoms with Crippen molar-refractivity contribution in [2.24, 2.45) is 5.92 Å². The van der Waals surface area contributed by atoms with Gasteiger partial charge < -0.3 is 15.7 Å². The molecule has 1 aliphatic carbocycles. The molecule has 1 aromatic carbocycles. The van der Waals surface area contributed by atoms with Crippen molar-refractivity contribution in [2.45, 2.75) is 25.9 Å². The van der Waals surface area contributed by atoms with E-state index in [0.29, 0.717) is 23.7 Å². The van der Waals surface area contributed by atoms with E-state index in [1.807, 2.05) is 0 Å². The van der Waals surface area contributed by atoms with Crippen LogP contribution in [0.15, 0.2) is 24.3 Å². The van der Waals surface area contributed by atoms with Crippen molar-refractivity contribution in [1.82, 2.24) is 5.32 Å². The zero-order valence-electron chi connectivity index (χ0n) is 10.8. The van der Waals surface area contributed by atoms with Crippen LogP contribution in [0.25, 0.3) is 0 Å². The van der Waals surface area contributed by atoms with Crippen molar-refractivity contribution in [3.8, 4) is 0 Å². The summed E-state index contributed by atoms with van der Waals surface area (Å²) in [6.07, 6.45) is 1.34. The Hall–Kier alpha value is -1.88. The lowest BCUT2D eigenvalue weighted by Gasteiger charge is -2.31. The van der Waals surface area contributed by atoms with Crippen LogP contribution in [0.5, 0.6) is 0 Å². The maximum absolute atomic E-state index is 11.8. The number of nitrogens with one attached hydrogen (secondary N) is 2. The molecule has 5 heteroatoms. The predicted octanol–water partition coefficient (Wildman–Crippen LogP) is 1.15. The molecule has 2 rings (SSSR count). The molecule has 19 heavy (non-hydrogen) atoms. The molecule has 0 heterocycles. The van der Waals surface area contributed by atoms with Crippen LogP contribution in [-0.2, 0) is 4.79 Å². The number of aliphatic hydroxyl groups excluding tert-OH is 1. The van der Waals surface area contributed by atoms with E-state index < -0.39 is 0 Å². The molecule has 1 saturated carbocycles. The summed E-state index contributed by atoms with van der Waals surface area (Å²) in [5.41, 5.74) is 1.24. The number of amides is 2. The van der Waals surface area contributed by atoms with Gasteiger partial charge >= 0.3 is 0 Å². The molecule has 0 bridgehead atoms. The highest BCUT2D eigenvalue weighted by Gasteiger charge is 2.27. The average Bonchev–Trinajstić information content (AvgIpc) is 2.33. The molecule has 0 spiro atoms. The van der Waals surface area contributed by atoms with Gasteiger partial charge in [0.1, 0.15) is 0 Å². The molecule has 1 aliphatic rings. The second kappa shape index (κ2) is 5.84. The van der Waals surface area contributed by atoms with E-state index in [0.717, 1.165) is 12.8 Å². The molecule has 0 atom stereocenters. The normalized spacial score (nSPS) is 21.4. The fourth-order valence-corrected chi connectivity index (χ4v) is 2.11. The Morgan fingerprint density at radius 3 is 2.42 bits per heavy atom. The minimum absolute atomic E-state index is 0.129. The quantitative estimate of drug-likeness (QED) is 0.761. The summed E-state index contributed by atoms with van der Waals surface area (Å²) in [6.45, 7) is 2.04. The molecule has 102 valence electrons. The summed E-state index contributed by atoms with van der Waals surface area (Å²) in [7, 11) is 0. The van der Waals surface area contributed by atoms with Crippen molar-refractivity contribution in [3.63, 3.8) is 0 Å². The topological polar surface area (TPSA) is 78.4 Å². The molecule has 1 fully saturated rings. The number of aliphatic hydroxyl groups is 1. The fourth-order valence-electron chi connectivity index (χ4n) is 2.11. The zero-order valence-corrected chi connectivity index (χ0v) is 10.8. The monoisotopic (exact) mass is 262 g/mol. The molecular weight excluding hydrogens is 244 g/mol. The zero-order chi connectivity index (χ0) is 13.8. The number of carbonyl (C=O) groups is 2. The van der Waals surface area contributed by atoms with E-state index in [-0.39, 0.29) is 17.9 Å². The van der Waals surface area contributed by atoms with E-state index >= 15 is 0 Å². The minimum atomic E-state index is -0.196. The minimum Gasteiger partial charge on any atom is -0.393 e. The van der Waals surface area contributed by atoms with Crippen LogP contribution < -0.4 is 10.6 Å². The lowest BCUT2D eigenvalue weighted by Crippen LogP contribution is -2.38. The summed E-state index contributed by atoms with van der Waals surface area (Å²) in [5, 5.41) is 14.6. The molecule has 3 N–H and O–H groups in total. The van der Waals surface area contributed by atoms with Crippen LogP contribution in [0.4, 0.5) is 5.69 Å². The first kappa shape index (κ1) is 13.5. The molecule has 5 nitrogen and oxygen atoms in total. The molecule has 0 radical (unpaired) electrons. The Morgan fingerprint density at radius 2 is 1.89 bits per heavy atom. The number of benzene rings is 1. The van der Waals surface area contributed by atoms with Gasteiger partial charge in [0.15, 0.2) is 0 Å². The van der Waals surface area contributed by atoms with E-state index in [1.54, 1.807) is 24.3 Å². The average molecular weight is 262 g/mol. The first-order chi connectivity index (χ1) is 9.04. The Balaban J connectivity index is 1.83. The van der Waals surface area contributed by atoms with Crippen LogP contribution in [0.1, 0.15) is 30.1 Å². The molecule has 1 aromatic rings. The Kier molecular flexibility index (Phi) is 4.16. The van der Waals surface area contributed by atoms with E-state index in [4.69, 9.17) is 5.11 Å². The first-order valence-electron chi connectivity index (χ1n) is 6.38. The third-order valence-electron chi connectivity index (χ3n) is 3.23. The summed E-state index contributed by atoms with van der Waals surface area (Å²) in [5.74, 6) is 0.120. The number of rotatable bonds is 4. The molecular formula is C14H18N2O3. The highest BCUT2D eigenvalue weighted by molar-refractivity contribution is 5.95. The van der Waals surface area contributed by atoms with Gasteiger partial charge in [-0.3, -0.25) is 9.59 Å². The Bertz CT molecular complexity index is 464. The van der Waals surface area contributed by atoms with Crippen LogP contribution >= 0.6 is 0 Å². The van der Waals surface area contributed by atoms with Crippen LogP contribution in [-0.4, -0.2) is 29.6 Å². The number of anilines is 1. The van der Waals surface area contributed by atoms with E-state index in [1.165, 1.54) is 6.92 Å². The second-order valence-corrected chi connectivity index (χ2v) is 4.96. The van der Waals surface area contributed by atoms with Gasteiger partial charge in [-0.25, -0.2) is 0 Å².